The minimum atomic E-state index is -0.400. The number of benzene rings is 3. The Hall–Kier alpha value is -2.78. The number of carbonyl (C=O) groups is 1. The summed E-state index contributed by atoms with van der Waals surface area (Å²) in [7, 11) is 0. The van der Waals surface area contributed by atoms with Crippen molar-refractivity contribution in [1.82, 2.24) is 4.57 Å². The number of nitrogens with two attached hydrogens (primary N) is 1. The molecule has 3 nitrogen and oxygen atoms in total. The number of hydrogen-bond donors (Lipinski definition) is 1. The average Bonchev–Trinajstić information content (AvgIpc) is 2.98. The van der Waals surface area contributed by atoms with Gasteiger partial charge in [0.25, 0.3) is 0 Å². The van der Waals surface area contributed by atoms with Crippen molar-refractivity contribution >= 4 is 39.3 Å². The molecule has 4 aromatic rings. The summed E-state index contributed by atoms with van der Waals surface area (Å²) in [6.45, 7) is 0.958. The minimum absolute atomic E-state index is 0.400. The van der Waals surface area contributed by atoms with Gasteiger partial charge in [0.2, 0.25) is 5.91 Å². The lowest BCUT2D eigenvalue weighted by molar-refractivity contribution is 0.100. The molecule has 1 fully saturated rings. The van der Waals surface area contributed by atoms with Crippen molar-refractivity contribution in [3.8, 4) is 11.1 Å². The van der Waals surface area contributed by atoms with Crippen molar-refractivity contribution in [2.45, 2.75) is 25.8 Å². The van der Waals surface area contributed by atoms with Crippen molar-refractivity contribution in [2.24, 2.45) is 11.7 Å². The summed E-state index contributed by atoms with van der Waals surface area (Å²) < 4.78 is 2.34. The molecule has 1 aliphatic carbocycles. The molecule has 1 amide bonds. The van der Waals surface area contributed by atoms with Gasteiger partial charge in [-0.3, -0.25) is 4.79 Å². The van der Waals surface area contributed by atoms with E-state index in [-0.39, 0.29) is 0 Å². The molecule has 1 radical (unpaired) electrons. The number of halogens is 1. The summed E-state index contributed by atoms with van der Waals surface area (Å²) >= 11 is 6.04. The Morgan fingerprint density at radius 2 is 1.89 bits per heavy atom. The molecule has 1 heterocycles. The van der Waals surface area contributed by atoms with Gasteiger partial charge in [-0.05, 0) is 72.4 Å². The van der Waals surface area contributed by atoms with E-state index < -0.39 is 5.91 Å². The van der Waals surface area contributed by atoms with E-state index in [1.807, 2.05) is 36.4 Å². The molecule has 1 aliphatic rings. The van der Waals surface area contributed by atoms with Crippen LogP contribution in [-0.4, -0.2) is 10.5 Å². The third kappa shape index (κ3) is 2.78. The number of rotatable bonds is 4. The Morgan fingerprint density at radius 3 is 2.57 bits per heavy atom. The largest absolute Gasteiger partial charge is 0.366 e. The quantitative estimate of drug-likeness (QED) is 0.471. The number of hydrogen-bond acceptors (Lipinski definition) is 1. The first-order valence-electron chi connectivity index (χ1n) is 9.64. The molecule has 0 bridgehead atoms. The fourth-order valence-electron chi connectivity index (χ4n) is 4.20. The Kier molecular flexibility index (Phi) is 4.13. The van der Waals surface area contributed by atoms with Gasteiger partial charge in [-0.1, -0.05) is 36.2 Å². The number of carbonyl (C=O) groups excluding carboxylic acids is 1. The Morgan fingerprint density at radius 1 is 1.11 bits per heavy atom. The van der Waals surface area contributed by atoms with E-state index in [9.17, 15) is 4.79 Å². The van der Waals surface area contributed by atoms with Crippen LogP contribution in [0.2, 0.25) is 5.02 Å². The zero-order valence-corrected chi connectivity index (χ0v) is 16.2. The van der Waals surface area contributed by atoms with Crippen LogP contribution >= 0.6 is 11.6 Å². The lowest BCUT2D eigenvalue weighted by Gasteiger charge is -2.26. The highest BCUT2D eigenvalue weighted by atomic mass is 35.5. The summed E-state index contributed by atoms with van der Waals surface area (Å²) in [4.78, 5) is 12.1. The Balaban J connectivity index is 1.78. The van der Waals surface area contributed by atoms with E-state index in [1.165, 1.54) is 19.3 Å². The SMILES string of the molecule is NC(=O)c1cccc2c1c1[c]cc(-c3ccc(Cl)cc3)cc1n2CC1CCC1. The zero-order valence-electron chi connectivity index (χ0n) is 15.4. The van der Waals surface area contributed by atoms with Crippen LogP contribution in [0.3, 0.4) is 0 Å². The van der Waals surface area contributed by atoms with Crippen LogP contribution in [-0.2, 0) is 6.54 Å². The molecule has 4 heteroatoms. The van der Waals surface area contributed by atoms with E-state index in [2.05, 4.69) is 22.8 Å². The number of nitrogens with zero attached hydrogens (tertiary/aromatic N) is 1. The predicted octanol–water partition coefficient (Wildman–Crippen LogP) is 5.81. The molecule has 1 saturated carbocycles. The smallest absolute Gasteiger partial charge is 0.249 e. The molecular formula is C24H20ClN2O. The van der Waals surface area contributed by atoms with E-state index >= 15 is 0 Å². The van der Waals surface area contributed by atoms with Crippen LogP contribution in [0.5, 0.6) is 0 Å². The van der Waals surface area contributed by atoms with Gasteiger partial charge < -0.3 is 10.3 Å². The maximum Gasteiger partial charge on any atom is 0.249 e. The number of fused-ring (bicyclic) bond motifs is 3. The highest BCUT2D eigenvalue weighted by Gasteiger charge is 2.22. The predicted molar refractivity (Wildman–Crippen MR) is 115 cm³/mol. The molecule has 28 heavy (non-hydrogen) atoms. The van der Waals surface area contributed by atoms with Crippen LogP contribution in [0.15, 0.2) is 54.6 Å². The van der Waals surface area contributed by atoms with E-state index in [4.69, 9.17) is 17.3 Å². The van der Waals surface area contributed by atoms with Crippen molar-refractivity contribution in [3.05, 3.63) is 71.2 Å². The van der Waals surface area contributed by atoms with Gasteiger partial charge in [-0.25, -0.2) is 0 Å². The van der Waals surface area contributed by atoms with Crippen LogP contribution < -0.4 is 5.73 Å². The second-order valence-corrected chi connectivity index (χ2v) is 8.06. The summed E-state index contributed by atoms with van der Waals surface area (Å²) in [5.41, 5.74) is 10.6. The zero-order chi connectivity index (χ0) is 19.3. The highest BCUT2D eigenvalue weighted by molar-refractivity contribution is 6.30. The van der Waals surface area contributed by atoms with E-state index in [1.54, 1.807) is 6.07 Å². The van der Waals surface area contributed by atoms with Crippen molar-refractivity contribution in [3.63, 3.8) is 0 Å². The van der Waals surface area contributed by atoms with E-state index in [0.29, 0.717) is 11.5 Å². The third-order valence-corrected chi connectivity index (χ3v) is 6.15. The van der Waals surface area contributed by atoms with Crippen LogP contribution in [0.4, 0.5) is 0 Å². The molecule has 0 unspecified atom stereocenters. The molecule has 0 saturated heterocycles. The van der Waals surface area contributed by atoms with E-state index in [0.717, 1.165) is 44.5 Å². The molecule has 3 aromatic carbocycles. The van der Waals surface area contributed by atoms with Gasteiger partial charge in [0.05, 0.1) is 5.52 Å². The molecule has 5 rings (SSSR count). The third-order valence-electron chi connectivity index (χ3n) is 5.90. The second-order valence-electron chi connectivity index (χ2n) is 7.63. The maximum atomic E-state index is 12.1. The highest BCUT2D eigenvalue weighted by Crippen LogP contribution is 2.37. The first kappa shape index (κ1) is 17.3. The first-order chi connectivity index (χ1) is 13.6. The summed E-state index contributed by atoms with van der Waals surface area (Å²) in [6.07, 6.45) is 3.82. The number of aromatic nitrogens is 1. The molecule has 139 valence electrons. The average molecular weight is 388 g/mol. The molecule has 0 spiro atoms. The van der Waals surface area contributed by atoms with Gasteiger partial charge >= 0.3 is 0 Å². The van der Waals surface area contributed by atoms with Crippen LogP contribution in [0, 0.1) is 12.0 Å². The molecule has 2 N–H and O–H groups in total. The van der Waals surface area contributed by atoms with Gasteiger partial charge in [0.1, 0.15) is 0 Å². The van der Waals surface area contributed by atoms with Crippen molar-refractivity contribution < 1.29 is 4.79 Å². The fourth-order valence-corrected chi connectivity index (χ4v) is 4.33. The number of primary amides is 1. The molecular weight excluding hydrogens is 368 g/mol. The van der Waals surface area contributed by atoms with Gasteiger partial charge in [0.15, 0.2) is 0 Å². The fraction of sp³-hybridized carbons (Fsp3) is 0.208. The van der Waals surface area contributed by atoms with Crippen molar-refractivity contribution in [2.75, 3.05) is 0 Å². The van der Waals surface area contributed by atoms with Gasteiger partial charge in [-0.2, -0.15) is 0 Å². The summed E-state index contributed by atoms with van der Waals surface area (Å²) in [5, 5.41) is 2.59. The number of amides is 1. The summed E-state index contributed by atoms with van der Waals surface area (Å²) in [5.74, 6) is 0.290. The second kappa shape index (κ2) is 6.68. The lowest BCUT2D eigenvalue weighted by Crippen LogP contribution is -2.18. The molecule has 1 aromatic heterocycles. The van der Waals surface area contributed by atoms with Crippen LogP contribution in [0.1, 0.15) is 29.6 Å². The van der Waals surface area contributed by atoms with Gasteiger partial charge in [0, 0.05) is 33.4 Å². The Labute approximate surface area is 168 Å². The van der Waals surface area contributed by atoms with Crippen LogP contribution in [0.25, 0.3) is 32.9 Å². The van der Waals surface area contributed by atoms with Crippen molar-refractivity contribution in [1.29, 1.82) is 0 Å². The standard InChI is InChI=1S/C24H20ClN2O/c25-18-10-7-16(8-11-18)17-9-12-19-22(13-17)27(14-15-3-1-4-15)21-6-2-5-20(23(19)21)24(26)28/h2,5-11,13,15H,1,3-4,14H2,(H2,26,28). The summed E-state index contributed by atoms with van der Waals surface area (Å²) in [6, 6.07) is 21.2. The lowest BCUT2D eigenvalue weighted by atomic mass is 9.85. The monoisotopic (exact) mass is 387 g/mol. The maximum absolute atomic E-state index is 12.1. The first-order valence-corrected chi connectivity index (χ1v) is 10.0. The minimum Gasteiger partial charge on any atom is -0.366 e. The topological polar surface area (TPSA) is 48.0 Å². The molecule has 0 atom stereocenters. The Bertz CT molecular complexity index is 1200. The normalized spacial score (nSPS) is 14.5. The molecule has 0 aliphatic heterocycles. The van der Waals surface area contributed by atoms with Gasteiger partial charge in [-0.15, -0.1) is 0 Å².